The molecular formula is C19H18FNO7. The molecule has 9 heteroatoms. The minimum atomic E-state index is -0.762. The molecule has 2 aromatic carbocycles. The first-order valence-electron chi connectivity index (χ1n) is 8.28. The van der Waals surface area contributed by atoms with Crippen molar-refractivity contribution in [3.63, 3.8) is 0 Å². The van der Waals surface area contributed by atoms with Gasteiger partial charge in [0.1, 0.15) is 5.82 Å². The average molecular weight is 391 g/mol. The Hall–Kier alpha value is -3.49. The highest BCUT2D eigenvalue weighted by molar-refractivity contribution is 5.94. The summed E-state index contributed by atoms with van der Waals surface area (Å²) in [6.45, 7) is 1.57. The van der Waals surface area contributed by atoms with Crippen molar-refractivity contribution in [2.24, 2.45) is 0 Å². The summed E-state index contributed by atoms with van der Waals surface area (Å²) in [6, 6.07) is 7.36. The van der Waals surface area contributed by atoms with Crippen LogP contribution in [0, 0.1) is 15.9 Å². The van der Waals surface area contributed by atoms with Crippen molar-refractivity contribution in [3.8, 4) is 17.2 Å². The zero-order valence-electron chi connectivity index (χ0n) is 15.3. The summed E-state index contributed by atoms with van der Waals surface area (Å²) in [5, 5.41) is 10.9. The van der Waals surface area contributed by atoms with Crippen LogP contribution < -0.4 is 14.2 Å². The van der Waals surface area contributed by atoms with Gasteiger partial charge in [0.2, 0.25) is 5.75 Å². The summed E-state index contributed by atoms with van der Waals surface area (Å²) in [5.41, 5.74) is -0.0224. The van der Waals surface area contributed by atoms with Gasteiger partial charge >= 0.3 is 11.7 Å². The molecule has 2 aromatic rings. The van der Waals surface area contributed by atoms with Crippen LogP contribution in [-0.4, -0.2) is 30.4 Å². The van der Waals surface area contributed by atoms with E-state index >= 15 is 0 Å². The Balaban J connectivity index is 1.89. The molecule has 0 unspecified atom stereocenters. The van der Waals surface area contributed by atoms with Gasteiger partial charge in [-0.05, 0) is 37.6 Å². The molecule has 0 radical (unpaired) electrons. The third kappa shape index (κ3) is 5.50. The number of carbonyl (C=O) groups excluding carboxylic acids is 2. The molecule has 0 heterocycles. The van der Waals surface area contributed by atoms with E-state index in [4.69, 9.17) is 14.2 Å². The lowest BCUT2D eigenvalue weighted by Gasteiger charge is -2.11. The second kappa shape index (κ2) is 9.45. The number of hydrogen-bond acceptors (Lipinski definition) is 7. The van der Waals surface area contributed by atoms with Crippen LogP contribution >= 0.6 is 0 Å². The van der Waals surface area contributed by atoms with E-state index in [-0.39, 0.29) is 25.2 Å². The lowest BCUT2D eigenvalue weighted by Crippen LogP contribution is -2.11. The molecular weight excluding hydrogens is 373 g/mol. The maximum Gasteiger partial charge on any atom is 0.311 e. The summed E-state index contributed by atoms with van der Waals surface area (Å²) in [7, 11) is 1.44. The Labute approximate surface area is 160 Å². The third-order valence-electron chi connectivity index (χ3n) is 3.70. The molecule has 0 N–H and O–H groups in total. The number of hydrogen-bond donors (Lipinski definition) is 0. The molecule has 0 saturated heterocycles. The number of ether oxygens (including phenoxy) is 3. The maximum atomic E-state index is 13.2. The van der Waals surface area contributed by atoms with Crippen molar-refractivity contribution in [1.29, 1.82) is 0 Å². The number of nitro groups is 1. The molecule has 8 nitrogen and oxygen atoms in total. The number of nitrogens with zero attached hydrogens (tertiary/aromatic N) is 1. The average Bonchev–Trinajstić information content (AvgIpc) is 2.64. The Morgan fingerprint density at radius 2 is 1.86 bits per heavy atom. The van der Waals surface area contributed by atoms with Crippen molar-refractivity contribution in [2.45, 2.75) is 19.8 Å². The first-order valence-corrected chi connectivity index (χ1v) is 8.28. The summed E-state index contributed by atoms with van der Waals surface area (Å²) in [6.07, 6.45) is 0.154. The normalized spacial score (nSPS) is 10.2. The van der Waals surface area contributed by atoms with Crippen LogP contribution in [0.3, 0.4) is 0 Å². The minimum Gasteiger partial charge on any atom is -0.493 e. The molecule has 28 heavy (non-hydrogen) atoms. The largest absolute Gasteiger partial charge is 0.493 e. The van der Waals surface area contributed by atoms with Gasteiger partial charge in [-0.25, -0.2) is 4.39 Å². The molecule has 0 aliphatic carbocycles. The van der Waals surface area contributed by atoms with E-state index in [1.54, 1.807) is 18.2 Å². The van der Waals surface area contributed by atoms with Gasteiger partial charge in [0, 0.05) is 24.1 Å². The standard InChI is InChI=1S/C19H18FNO7/c1-12(22)13-5-8-16(18(10-13)26-2)27-9-3-4-19(23)28-17-11-14(20)6-7-15(17)21(24)25/h5-8,10-11H,3-4,9H2,1-2H3. The summed E-state index contributed by atoms with van der Waals surface area (Å²) in [4.78, 5) is 33.4. The van der Waals surface area contributed by atoms with E-state index in [0.717, 1.165) is 18.2 Å². The number of benzene rings is 2. The van der Waals surface area contributed by atoms with E-state index in [0.29, 0.717) is 17.1 Å². The molecule has 0 saturated carbocycles. The fourth-order valence-electron chi connectivity index (χ4n) is 2.30. The Kier molecular flexibility index (Phi) is 7.02. The Morgan fingerprint density at radius 1 is 1.11 bits per heavy atom. The van der Waals surface area contributed by atoms with Crippen molar-refractivity contribution in [1.82, 2.24) is 0 Å². The summed E-state index contributed by atoms with van der Waals surface area (Å²) >= 11 is 0. The maximum absolute atomic E-state index is 13.2. The molecule has 2 rings (SSSR count). The SMILES string of the molecule is COc1cc(C(C)=O)ccc1OCCCC(=O)Oc1cc(F)ccc1[N+](=O)[O-]. The van der Waals surface area contributed by atoms with E-state index in [9.17, 15) is 24.1 Å². The lowest BCUT2D eigenvalue weighted by molar-refractivity contribution is -0.385. The van der Waals surface area contributed by atoms with Crippen molar-refractivity contribution in [3.05, 3.63) is 57.9 Å². The Morgan fingerprint density at radius 3 is 2.50 bits per heavy atom. The quantitative estimate of drug-likeness (QED) is 0.160. The molecule has 0 bridgehead atoms. The molecule has 0 aromatic heterocycles. The molecule has 0 aliphatic rings. The van der Waals surface area contributed by atoms with Crippen LogP contribution in [0.1, 0.15) is 30.1 Å². The molecule has 0 amide bonds. The molecule has 0 fully saturated rings. The zero-order valence-corrected chi connectivity index (χ0v) is 15.3. The minimum absolute atomic E-state index is 0.0957. The van der Waals surface area contributed by atoms with Crippen LogP contribution in [0.5, 0.6) is 17.2 Å². The fraction of sp³-hybridized carbons (Fsp3) is 0.263. The summed E-state index contributed by atoms with van der Waals surface area (Å²) in [5.74, 6) is -1.28. The number of rotatable bonds is 9. The van der Waals surface area contributed by atoms with Gasteiger partial charge < -0.3 is 14.2 Å². The molecule has 0 atom stereocenters. The smallest absolute Gasteiger partial charge is 0.311 e. The van der Waals surface area contributed by atoms with E-state index in [2.05, 4.69) is 0 Å². The second-order valence-corrected chi connectivity index (χ2v) is 5.72. The first kappa shape index (κ1) is 20.8. The highest BCUT2D eigenvalue weighted by Gasteiger charge is 2.19. The summed E-state index contributed by atoms with van der Waals surface area (Å²) < 4.78 is 28.8. The van der Waals surface area contributed by atoms with Crippen LogP contribution in [0.25, 0.3) is 0 Å². The predicted octanol–water partition coefficient (Wildman–Crippen LogP) is 3.71. The van der Waals surface area contributed by atoms with Gasteiger partial charge in [-0.15, -0.1) is 0 Å². The highest BCUT2D eigenvalue weighted by Crippen LogP contribution is 2.29. The van der Waals surface area contributed by atoms with Crippen molar-refractivity contribution in [2.75, 3.05) is 13.7 Å². The van der Waals surface area contributed by atoms with Gasteiger partial charge in [0.15, 0.2) is 17.3 Å². The topological polar surface area (TPSA) is 105 Å². The molecule has 148 valence electrons. The van der Waals surface area contributed by atoms with Gasteiger partial charge in [-0.1, -0.05) is 0 Å². The number of Topliss-reactive ketones (excluding diaryl/α,β-unsaturated/α-hetero) is 1. The van der Waals surface area contributed by atoms with Gasteiger partial charge in [-0.2, -0.15) is 0 Å². The van der Waals surface area contributed by atoms with Gasteiger partial charge in [0.25, 0.3) is 0 Å². The van der Waals surface area contributed by atoms with Crippen molar-refractivity contribution < 1.29 is 33.1 Å². The number of halogens is 1. The number of nitro benzene ring substituents is 1. The van der Waals surface area contributed by atoms with E-state index < -0.39 is 28.1 Å². The number of ketones is 1. The zero-order chi connectivity index (χ0) is 20.7. The van der Waals surface area contributed by atoms with Crippen LogP contribution in [-0.2, 0) is 4.79 Å². The number of esters is 1. The number of methoxy groups -OCH3 is 1. The Bertz CT molecular complexity index is 898. The fourth-order valence-corrected chi connectivity index (χ4v) is 2.30. The second-order valence-electron chi connectivity index (χ2n) is 5.72. The van der Waals surface area contributed by atoms with Crippen LogP contribution in [0.15, 0.2) is 36.4 Å². The van der Waals surface area contributed by atoms with E-state index in [1.807, 2.05) is 0 Å². The third-order valence-corrected chi connectivity index (χ3v) is 3.70. The van der Waals surface area contributed by atoms with Crippen LogP contribution in [0.2, 0.25) is 0 Å². The lowest BCUT2D eigenvalue weighted by atomic mass is 10.1. The van der Waals surface area contributed by atoms with Crippen LogP contribution in [0.4, 0.5) is 10.1 Å². The molecule has 0 spiro atoms. The van der Waals surface area contributed by atoms with Gasteiger partial charge in [0.05, 0.1) is 18.6 Å². The molecule has 0 aliphatic heterocycles. The number of carbonyl (C=O) groups is 2. The van der Waals surface area contributed by atoms with Crippen molar-refractivity contribution >= 4 is 17.4 Å². The van der Waals surface area contributed by atoms with E-state index in [1.165, 1.54) is 14.0 Å². The van der Waals surface area contributed by atoms with Gasteiger partial charge in [-0.3, -0.25) is 19.7 Å². The monoisotopic (exact) mass is 391 g/mol. The predicted molar refractivity (Wildman–Crippen MR) is 96.4 cm³/mol. The first-order chi connectivity index (χ1) is 13.3. The highest BCUT2D eigenvalue weighted by atomic mass is 19.1.